The van der Waals surface area contributed by atoms with Crippen LogP contribution in [0.3, 0.4) is 0 Å². The third-order valence-electron chi connectivity index (χ3n) is 3.90. The van der Waals surface area contributed by atoms with Crippen molar-refractivity contribution in [2.75, 3.05) is 13.1 Å². The van der Waals surface area contributed by atoms with Crippen LogP contribution in [0.1, 0.15) is 44.2 Å². The van der Waals surface area contributed by atoms with Crippen LogP contribution in [-0.2, 0) is 13.0 Å². The summed E-state index contributed by atoms with van der Waals surface area (Å²) in [4.78, 5) is 2.66. The average Bonchev–Trinajstić information content (AvgIpc) is 3.21. The molecule has 0 bridgehead atoms. The van der Waals surface area contributed by atoms with Crippen LogP contribution in [-0.4, -0.2) is 24.0 Å². The lowest BCUT2D eigenvalue weighted by Gasteiger charge is -2.23. The molecule has 1 fully saturated rings. The van der Waals surface area contributed by atoms with E-state index in [-0.39, 0.29) is 0 Å². The molecule has 106 valence electrons. The number of hydrogen-bond donors (Lipinski definition) is 1. The molecule has 1 saturated carbocycles. The van der Waals surface area contributed by atoms with Gasteiger partial charge in [-0.3, -0.25) is 4.90 Å². The molecule has 1 aromatic carbocycles. The van der Waals surface area contributed by atoms with Crippen molar-refractivity contribution in [1.82, 2.24) is 4.90 Å². The Balaban J connectivity index is 1.89. The third-order valence-corrected chi connectivity index (χ3v) is 3.90. The third kappa shape index (κ3) is 4.96. The van der Waals surface area contributed by atoms with E-state index in [9.17, 15) is 0 Å². The quantitative estimate of drug-likeness (QED) is 0.778. The Kier molecular flexibility index (Phi) is 5.41. The summed E-state index contributed by atoms with van der Waals surface area (Å²) in [6.07, 6.45) is 5.08. The first-order valence-corrected chi connectivity index (χ1v) is 7.71. The summed E-state index contributed by atoms with van der Waals surface area (Å²) in [5.74, 6) is 0.799. The molecule has 0 heterocycles. The summed E-state index contributed by atoms with van der Waals surface area (Å²) < 4.78 is 0. The maximum absolute atomic E-state index is 5.59. The predicted molar refractivity (Wildman–Crippen MR) is 82.1 cm³/mol. The van der Waals surface area contributed by atoms with Crippen LogP contribution >= 0.6 is 0 Å². The summed E-state index contributed by atoms with van der Waals surface area (Å²) in [5.41, 5.74) is 8.38. The standard InChI is InChI=1S/C17H28N2/c1-14(2)10-12-19(17-7-8-17)13-16-5-3-15(4-6-16)9-11-18/h3-6,14,17H,7-13,18H2,1-2H3. The Morgan fingerprint density at radius 2 is 1.79 bits per heavy atom. The van der Waals surface area contributed by atoms with Gasteiger partial charge in [0, 0.05) is 12.6 Å². The molecule has 0 radical (unpaired) electrons. The number of rotatable bonds is 8. The zero-order valence-corrected chi connectivity index (χ0v) is 12.4. The van der Waals surface area contributed by atoms with Gasteiger partial charge >= 0.3 is 0 Å². The van der Waals surface area contributed by atoms with Crippen LogP contribution in [0, 0.1) is 5.92 Å². The Labute approximate surface area is 118 Å². The maximum Gasteiger partial charge on any atom is 0.0236 e. The minimum Gasteiger partial charge on any atom is -0.330 e. The number of benzene rings is 1. The van der Waals surface area contributed by atoms with Crippen LogP contribution in [0.25, 0.3) is 0 Å². The number of nitrogens with zero attached hydrogens (tertiary/aromatic N) is 1. The van der Waals surface area contributed by atoms with Gasteiger partial charge in [0.2, 0.25) is 0 Å². The van der Waals surface area contributed by atoms with Crippen molar-refractivity contribution < 1.29 is 0 Å². The molecule has 0 unspecified atom stereocenters. The highest BCUT2D eigenvalue weighted by molar-refractivity contribution is 5.23. The molecule has 1 aromatic rings. The summed E-state index contributed by atoms with van der Waals surface area (Å²) in [6.45, 7) is 7.72. The molecule has 1 aliphatic carbocycles. The normalized spacial score (nSPS) is 15.4. The van der Waals surface area contributed by atoms with Crippen LogP contribution in [0.15, 0.2) is 24.3 Å². The Hall–Kier alpha value is -0.860. The first-order valence-electron chi connectivity index (χ1n) is 7.71. The zero-order chi connectivity index (χ0) is 13.7. The fourth-order valence-electron chi connectivity index (χ4n) is 2.47. The second kappa shape index (κ2) is 7.06. The van der Waals surface area contributed by atoms with Crippen LogP contribution < -0.4 is 5.73 Å². The molecule has 0 saturated heterocycles. The van der Waals surface area contributed by atoms with Crippen molar-refractivity contribution in [1.29, 1.82) is 0 Å². The van der Waals surface area contributed by atoms with Crippen molar-refractivity contribution in [2.45, 2.75) is 52.1 Å². The van der Waals surface area contributed by atoms with Gasteiger partial charge in [-0.15, -0.1) is 0 Å². The van der Waals surface area contributed by atoms with Crippen molar-refractivity contribution in [3.05, 3.63) is 35.4 Å². The van der Waals surface area contributed by atoms with Crippen LogP contribution in [0.2, 0.25) is 0 Å². The molecule has 2 heteroatoms. The molecule has 2 rings (SSSR count). The van der Waals surface area contributed by atoms with Crippen LogP contribution in [0.4, 0.5) is 0 Å². The molecule has 0 spiro atoms. The predicted octanol–water partition coefficient (Wildman–Crippen LogP) is 3.20. The zero-order valence-electron chi connectivity index (χ0n) is 12.4. The van der Waals surface area contributed by atoms with Crippen molar-refractivity contribution in [3.63, 3.8) is 0 Å². The second-order valence-electron chi connectivity index (χ2n) is 6.24. The van der Waals surface area contributed by atoms with Crippen molar-refractivity contribution in [2.24, 2.45) is 11.7 Å². The maximum atomic E-state index is 5.59. The summed E-state index contributed by atoms with van der Waals surface area (Å²) in [5, 5.41) is 0. The molecule has 1 aliphatic rings. The van der Waals surface area contributed by atoms with Crippen molar-refractivity contribution in [3.8, 4) is 0 Å². The molecule has 0 aromatic heterocycles. The van der Waals surface area contributed by atoms with Gasteiger partial charge in [0.1, 0.15) is 0 Å². The van der Waals surface area contributed by atoms with Gasteiger partial charge in [0.15, 0.2) is 0 Å². The summed E-state index contributed by atoms with van der Waals surface area (Å²) in [7, 11) is 0. The average molecular weight is 260 g/mol. The lowest BCUT2D eigenvalue weighted by molar-refractivity contribution is 0.239. The van der Waals surface area contributed by atoms with E-state index in [4.69, 9.17) is 5.73 Å². The first-order chi connectivity index (χ1) is 9.19. The summed E-state index contributed by atoms with van der Waals surface area (Å²) in [6, 6.07) is 9.86. The van der Waals surface area contributed by atoms with Gasteiger partial charge in [-0.25, -0.2) is 0 Å². The van der Waals surface area contributed by atoms with Gasteiger partial charge in [0.25, 0.3) is 0 Å². The number of nitrogens with two attached hydrogens (primary N) is 1. The molecule has 19 heavy (non-hydrogen) atoms. The monoisotopic (exact) mass is 260 g/mol. The van der Waals surface area contributed by atoms with Crippen LogP contribution in [0.5, 0.6) is 0 Å². The molecule has 0 amide bonds. The van der Waals surface area contributed by atoms with E-state index < -0.39 is 0 Å². The molecular formula is C17H28N2. The fourth-order valence-corrected chi connectivity index (χ4v) is 2.47. The van der Waals surface area contributed by atoms with Gasteiger partial charge in [-0.2, -0.15) is 0 Å². The minimum absolute atomic E-state index is 0.738. The smallest absolute Gasteiger partial charge is 0.0236 e. The fraction of sp³-hybridized carbons (Fsp3) is 0.647. The number of hydrogen-bond acceptors (Lipinski definition) is 2. The minimum atomic E-state index is 0.738. The van der Waals surface area contributed by atoms with Gasteiger partial charge in [-0.05, 0) is 55.8 Å². The molecular weight excluding hydrogens is 232 g/mol. The van der Waals surface area contributed by atoms with E-state index in [1.165, 1.54) is 36.9 Å². The Bertz CT molecular complexity index is 365. The van der Waals surface area contributed by atoms with E-state index in [0.29, 0.717) is 0 Å². The largest absolute Gasteiger partial charge is 0.330 e. The van der Waals surface area contributed by atoms with Gasteiger partial charge in [-0.1, -0.05) is 38.1 Å². The van der Waals surface area contributed by atoms with E-state index >= 15 is 0 Å². The van der Waals surface area contributed by atoms with E-state index in [1.54, 1.807) is 0 Å². The van der Waals surface area contributed by atoms with Gasteiger partial charge < -0.3 is 5.73 Å². The lowest BCUT2D eigenvalue weighted by Crippen LogP contribution is -2.27. The first kappa shape index (κ1) is 14.5. The van der Waals surface area contributed by atoms with E-state index in [0.717, 1.165) is 31.5 Å². The lowest BCUT2D eigenvalue weighted by atomic mass is 10.1. The van der Waals surface area contributed by atoms with Gasteiger partial charge in [0.05, 0.1) is 0 Å². The van der Waals surface area contributed by atoms with E-state index in [2.05, 4.69) is 43.0 Å². The van der Waals surface area contributed by atoms with Crippen molar-refractivity contribution >= 4 is 0 Å². The molecule has 0 atom stereocenters. The summed E-state index contributed by atoms with van der Waals surface area (Å²) >= 11 is 0. The highest BCUT2D eigenvalue weighted by Crippen LogP contribution is 2.28. The topological polar surface area (TPSA) is 29.3 Å². The molecule has 2 N–H and O–H groups in total. The second-order valence-corrected chi connectivity index (χ2v) is 6.24. The van der Waals surface area contributed by atoms with E-state index in [1.807, 2.05) is 0 Å². The molecule has 0 aliphatic heterocycles. The Morgan fingerprint density at radius 1 is 1.16 bits per heavy atom. The Morgan fingerprint density at radius 3 is 2.32 bits per heavy atom. The molecule has 2 nitrogen and oxygen atoms in total. The highest BCUT2D eigenvalue weighted by atomic mass is 15.2. The SMILES string of the molecule is CC(C)CCN(Cc1ccc(CCN)cc1)C1CC1. The highest BCUT2D eigenvalue weighted by Gasteiger charge is 2.28.